The number of benzene rings is 1. The third-order valence-corrected chi connectivity index (χ3v) is 3.18. The lowest BCUT2D eigenvalue weighted by Gasteiger charge is -2.19. The van der Waals surface area contributed by atoms with Gasteiger partial charge in [0.2, 0.25) is 5.88 Å². The van der Waals surface area contributed by atoms with Gasteiger partial charge < -0.3 is 9.64 Å². The van der Waals surface area contributed by atoms with Gasteiger partial charge in [-0.25, -0.2) is 4.98 Å². The van der Waals surface area contributed by atoms with Crippen molar-refractivity contribution in [3.63, 3.8) is 0 Å². The number of hydrogen-bond acceptors (Lipinski definition) is 3. The number of aryl methyl sites for hydroxylation is 1. The number of anilines is 1. The van der Waals surface area contributed by atoms with Crippen LogP contribution in [-0.4, -0.2) is 17.4 Å². The number of amides is 1. The maximum atomic E-state index is 12.6. The summed E-state index contributed by atoms with van der Waals surface area (Å²) < 4.78 is 5.81. The van der Waals surface area contributed by atoms with Crippen LogP contribution < -0.4 is 9.64 Å². The van der Waals surface area contributed by atoms with Gasteiger partial charge in [0, 0.05) is 12.7 Å². The van der Waals surface area contributed by atoms with Crippen molar-refractivity contribution in [3.8, 4) is 11.6 Å². The molecule has 4 nitrogen and oxygen atoms in total. The molecule has 0 aliphatic carbocycles. The molecule has 0 saturated heterocycles. The van der Waals surface area contributed by atoms with E-state index in [1.54, 1.807) is 17.2 Å². The monoisotopic (exact) mass is 254 g/mol. The lowest BCUT2D eigenvalue weighted by Crippen LogP contribution is -2.29. The van der Waals surface area contributed by atoms with Crippen molar-refractivity contribution >= 4 is 11.6 Å². The number of carbonyl (C=O) groups excluding carboxylic acids is 1. The quantitative estimate of drug-likeness (QED) is 0.785. The molecule has 0 saturated carbocycles. The topological polar surface area (TPSA) is 42.4 Å². The molecular weight excluding hydrogens is 240 g/mol. The number of ether oxygens (including phenoxy) is 1. The highest BCUT2D eigenvalue weighted by Gasteiger charge is 2.27. The van der Waals surface area contributed by atoms with Gasteiger partial charge >= 0.3 is 0 Å². The molecule has 0 N–H and O–H groups in total. The molecule has 1 aromatic carbocycles. The first kappa shape index (κ1) is 11.7. The molecule has 3 rings (SSSR count). The van der Waals surface area contributed by atoms with E-state index in [1.807, 2.05) is 38.1 Å². The second kappa shape index (κ2) is 4.39. The van der Waals surface area contributed by atoms with E-state index in [2.05, 4.69) is 4.98 Å². The summed E-state index contributed by atoms with van der Waals surface area (Å²) in [6.07, 6.45) is 1.66. The maximum absolute atomic E-state index is 12.6. The zero-order chi connectivity index (χ0) is 13.4. The van der Waals surface area contributed by atoms with Gasteiger partial charge in [0.05, 0.1) is 5.56 Å². The zero-order valence-corrected chi connectivity index (χ0v) is 10.9. The second-order valence-corrected chi connectivity index (χ2v) is 4.48. The zero-order valence-electron chi connectivity index (χ0n) is 10.9. The predicted octanol–water partition coefficient (Wildman–Crippen LogP) is 3.16. The molecule has 96 valence electrons. The summed E-state index contributed by atoms with van der Waals surface area (Å²) in [6.45, 7) is 4.48. The fraction of sp³-hybridized carbons (Fsp3) is 0.200. The Hall–Kier alpha value is -2.36. The minimum absolute atomic E-state index is 0.0516. The van der Waals surface area contributed by atoms with E-state index >= 15 is 0 Å². The van der Waals surface area contributed by atoms with Gasteiger partial charge in [0.25, 0.3) is 5.91 Å². The average Bonchev–Trinajstić information content (AvgIpc) is 2.52. The molecule has 2 aromatic rings. The summed E-state index contributed by atoms with van der Waals surface area (Å²) in [5, 5.41) is 0. The van der Waals surface area contributed by atoms with E-state index < -0.39 is 0 Å². The van der Waals surface area contributed by atoms with Crippen LogP contribution in [-0.2, 0) is 0 Å². The van der Waals surface area contributed by atoms with E-state index in [0.29, 0.717) is 29.4 Å². The van der Waals surface area contributed by atoms with Crippen molar-refractivity contribution in [3.05, 3.63) is 47.7 Å². The molecule has 19 heavy (non-hydrogen) atoms. The molecule has 1 aliphatic rings. The normalized spacial score (nSPS) is 13.4. The summed E-state index contributed by atoms with van der Waals surface area (Å²) in [5.74, 6) is 0.993. The summed E-state index contributed by atoms with van der Waals surface area (Å²) in [6, 6.07) is 9.24. The Morgan fingerprint density at radius 2 is 2.16 bits per heavy atom. The van der Waals surface area contributed by atoms with Crippen molar-refractivity contribution < 1.29 is 9.53 Å². The van der Waals surface area contributed by atoms with Gasteiger partial charge in [-0.3, -0.25) is 4.79 Å². The minimum atomic E-state index is -0.0516. The molecule has 1 amide bonds. The molecule has 1 aliphatic heterocycles. The van der Waals surface area contributed by atoms with E-state index in [9.17, 15) is 4.79 Å². The third kappa shape index (κ3) is 1.85. The van der Waals surface area contributed by atoms with E-state index in [0.717, 1.165) is 5.56 Å². The van der Waals surface area contributed by atoms with Crippen LogP contribution in [0.25, 0.3) is 0 Å². The maximum Gasteiger partial charge on any atom is 0.262 e. The first-order chi connectivity index (χ1) is 9.20. The van der Waals surface area contributed by atoms with Crippen LogP contribution in [0.3, 0.4) is 0 Å². The fourth-order valence-electron chi connectivity index (χ4n) is 2.23. The molecule has 0 bridgehead atoms. The summed E-state index contributed by atoms with van der Waals surface area (Å²) in [5.41, 5.74) is 2.34. The van der Waals surface area contributed by atoms with E-state index in [4.69, 9.17) is 4.74 Å². The lowest BCUT2D eigenvalue weighted by molar-refractivity contribution is 0.0988. The summed E-state index contributed by atoms with van der Waals surface area (Å²) in [7, 11) is 0. The van der Waals surface area contributed by atoms with Crippen LogP contribution in [0.2, 0.25) is 0 Å². The minimum Gasteiger partial charge on any atom is -0.436 e. The average molecular weight is 254 g/mol. The molecule has 4 heteroatoms. The van der Waals surface area contributed by atoms with E-state index in [-0.39, 0.29) is 5.91 Å². The number of nitrogens with zero attached hydrogens (tertiary/aromatic N) is 2. The lowest BCUT2D eigenvalue weighted by atomic mass is 10.1. The Kier molecular flexibility index (Phi) is 2.71. The Morgan fingerprint density at radius 3 is 2.95 bits per heavy atom. The van der Waals surface area contributed by atoms with Crippen molar-refractivity contribution in [2.24, 2.45) is 0 Å². The Labute approximate surface area is 111 Å². The van der Waals surface area contributed by atoms with Crippen LogP contribution >= 0.6 is 0 Å². The Morgan fingerprint density at radius 1 is 1.32 bits per heavy atom. The van der Waals surface area contributed by atoms with Gasteiger partial charge in [0.1, 0.15) is 11.4 Å². The van der Waals surface area contributed by atoms with Crippen LogP contribution in [0.5, 0.6) is 11.6 Å². The number of pyridine rings is 1. The largest absolute Gasteiger partial charge is 0.436 e. The van der Waals surface area contributed by atoms with Crippen molar-refractivity contribution in [1.29, 1.82) is 0 Å². The van der Waals surface area contributed by atoms with Gasteiger partial charge in [-0.05, 0) is 43.7 Å². The first-order valence-electron chi connectivity index (χ1n) is 6.26. The number of aromatic nitrogens is 1. The van der Waals surface area contributed by atoms with E-state index in [1.165, 1.54) is 0 Å². The number of carbonyl (C=O) groups is 1. The highest BCUT2D eigenvalue weighted by atomic mass is 16.5. The third-order valence-electron chi connectivity index (χ3n) is 3.18. The number of fused-ring (bicyclic) bond motifs is 2. The predicted molar refractivity (Wildman–Crippen MR) is 72.8 cm³/mol. The molecule has 2 heterocycles. The molecular formula is C15H14N2O2. The molecule has 0 atom stereocenters. The highest BCUT2D eigenvalue weighted by Crippen LogP contribution is 2.37. The molecule has 0 spiro atoms. The van der Waals surface area contributed by atoms with Crippen molar-refractivity contribution in [1.82, 2.24) is 4.98 Å². The van der Waals surface area contributed by atoms with Crippen LogP contribution in [0.1, 0.15) is 22.8 Å². The second-order valence-electron chi connectivity index (χ2n) is 4.48. The van der Waals surface area contributed by atoms with Crippen LogP contribution in [0.4, 0.5) is 5.69 Å². The highest BCUT2D eigenvalue weighted by molar-refractivity contribution is 6.09. The number of hydrogen-bond donors (Lipinski definition) is 0. The Balaban J connectivity index is 2.23. The van der Waals surface area contributed by atoms with Crippen molar-refractivity contribution in [2.75, 3.05) is 11.4 Å². The SMILES string of the molecule is CCN1C(=O)c2ccc(C)cc2Oc2ncccc21. The summed E-state index contributed by atoms with van der Waals surface area (Å²) in [4.78, 5) is 18.5. The van der Waals surface area contributed by atoms with Gasteiger partial charge in [0.15, 0.2) is 0 Å². The van der Waals surface area contributed by atoms with Crippen LogP contribution in [0.15, 0.2) is 36.5 Å². The number of rotatable bonds is 1. The molecule has 0 radical (unpaired) electrons. The molecule has 0 fully saturated rings. The van der Waals surface area contributed by atoms with Gasteiger partial charge in [-0.2, -0.15) is 0 Å². The standard InChI is InChI=1S/C15H14N2O2/c1-3-17-12-5-4-8-16-14(12)19-13-9-10(2)6-7-11(13)15(17)18/h4-9H,3H2,1-2H3. The van der Waals surface area contributed by atoms with Gasteiger partial charge in [-0.1, -0.05) is 6.07 Å². The fourth-order valence-corrected chi connectivity index (χ4v) is 2.23. The first-order valence-corrected chi connectivity index (χ1v) is 6.26. The Bertz CT molecular complexity index is 652. The van der Waals surface area contributed by atoms with Gasteiger partial charge in [-0.15, -0.1) is 0 Å². The van der Waals surface area contributed by atoms with Crippen LogP contribution in [0, 0.1) is 6.92 Å². The molecule has 0 unspecified atom stereocenters. The smallest absolute Gasteiger partial charge is 0.262 e. The summed E-state index contributed by atoms with van der Waals surface area (Å²) >= 11 is 0. The molecule has 1 aromatic heterocycles. The van der Waals surface area contributed by atoms with Crippen molar-refractivity contribution in [2.45, 2.75) is 13.8 Å².